The van der Waals surface area contributed by atoms with Crippen molar-refractivity contribution in [2.75, 3.05) is 0 Å². The van der Waals surface area contributed by atoms with Crippen LogP contribution in [0.15, 0.2) is 0 Å². The maximum absolute atomic E-state index is 12.1. The van der Waals surface area contributed by atoms with Crippen molar-refractivity contribution in [1.29, 1.82) is 0 Å². The summed E-state index contributed by atoms with van der Waals surface area (Å²) in [6, 6.07) is 0. The lowest BCUT2D eigenvalue weighted by Gasteiger charge is -2.44. The third-order valence-corrected chi connectivity index (χ3v) is 6.81. The monoisotopic (exact) mass is 266 g/mol. The van der Waals surface area contributed by atoms with Crippen LogP contribution in [0.5, 0.6) is 0 Å². The first-order valence-electron chi connectivity index (χ1n) is 7.29. The molecule has 4 nitrogen and oxygen atoms in total. The van der Waals surface area contributed by atoms with Crippen molar-refractivity contribution in [3.63, 3.8) is 0 Å². The van der Waals surface area contributed by atoms with Gasteiger partial charge in [0.2, 0.25) is 0 Å². The molecule has 3 rings (SSSR count). The Morgan fingerprint density at radius 2 is 1.58 bits per heavy atom. The second-order valence-electron chi connectivity index (χ2n) is 7.21. The fourth-order valence-corrected chi connectivity index (χ4v) is 6.22. The predicted octanol–water partition coefficient (Wildman–Crippen LogP) is 2.77. The summed E-state index contributed by atoms with van der Waals surface area (Å²) in [7, 11) is 0. The van der Waals surface area contributed by atoms with Crippen LogP contribution in [0.4, 0.5) is 0 Å². The fraction of sp³-hybridized carbons (Fsp3) is 0.867. The van der Waals surface area contributed by atoms with E-state index in [-0.39, 0.29) is 11.8 Å². The molecule has 0 aromatic heterocycles. The van der Waals surface area contributed by atoms with Crippen molar-refractivity contribution in [2.45, 2.75) is 52.4 Å². The van der Waals surface area contributed by atoms with Gasteiger partial charge < -0.3 is 10.2 Å². The Morgan fingerprint density at radius 3 is 2.16 bits per heavy atom. The van der Waals surface area contributed by atoms with E-state index in [1.54, 1.807) is 0 Å². The van der Waals surface area contributed by atoms with Gasteiger partial charge in [-0.15, -0.1) is 0 Å². The van der Waals surface area contributed by atoms with Crippen LogP contribution in [0.2, 0.25) is 0 Å². The zero-order valence-electron chi connectivity index (χ0n) is 11.6. The quantitative estimate of drug-likeness (QED) is 0.806. The molecule has 0 aromatic carbocycles. The Kier molecular flexibility index (Phi) is 2.40. The van der Waals surface area contributed by atoms with Crippen LogP contribution in [0.3, 0.4) is 0 Å². The molecule has 0 heterocycles. The molecular formula is C15H22O4. The molecule has 0 saturated heterocycles. The number of carboxylic acids is 2. The van der Waals surface area contributed by atoms with E-state index in [0.29, 0.717) is 12.8 Å². The van der Waals surface area contributed by atoms with Gasteiger partial charge in [-0.2, -0.15) is 0 Å². The smallest absolute Gasteiger partial charge is 0.311 e. The Labute approximate surface area is 113 Å². The molecule has 106 valence electrons. The second kappa shape index (κ2) is 3.53. The van der Waals surface area contributed by atoms with E-state index in [4.69, 9.17) is 0 Å². The molecule has 3 aliphatic carbocycles. The molecule has 3 fully saturated rings. The zero-order chi connectivity index (χ0) is 14.1. The first-order chi connectivity index (χ1) is 8.82. The van der Waals surface area contributed by atoms with E-state index < -0.39 is 28.2 Å². The highest BCUT2D eigenvalue weighted by atomic mass is 16.4. The minimum atomic E-state index is -1.07. The predicted molar refractivity (Wildman–Crippen MR) is 68.6 cm³/mol. The highest BCUT2D eigenvalue weighted by Crippen LogP contribution is 2.77. The van der Waals surface area contributed by atoms with Crippen LogP contribution in [0, 0.1) is 28.1 Å². The van der Waals surface area contributed by atoms with Gasteiger partial charge in [0.25, 0.3) is 0 Å². The topological polar surface area (TPSA) is 74.6 Å². The summed E-state index contributed by atoms with van der Waals surface area (Å²) in [5.41, 5.74) is -2.51. The third-order valence-electron chi connectivity index (χ3n) is 6.81. The summed E-state index contributed by atoms with van der Waals surface area (Å²) in [5.74, 6) is -1.44. The van der Waals surface area contributed by atoms with Crippen molar-refractivity contribution >= 4 is 11.9 Å². The van der Waals surface area contributed by atoms with Crippen LogP contribution in [-0.2, 0) is 9.59 Å². The van der Waals surface area contributed by atoms with Crippen LogP contribution < -0.4 is 0 Å². The molecule has 0 spiro atoms. The van der Waals surface area contributed by atoms with Gasteiger partial charge in [-0.05, 0) is 42.9 Å². The van der Waals surface area contributed by atoms with Crippen molar-refractivity contribution in [2.24, 2.45) is 28.1 Å². The Balaban J connectivity index is 2.28. The van der Waals surface area contributed by atoms with E-state index in [0.717, 1.165) is 25.7 Å². The van der Waals surface area contributed by atoms with Gasteiger partial charge in [0, 0.05) is 0 Å². The third kappa shape index (κ3) is 1.09. The van der Waals surface area contributed by atoms with E-state index >= 15 is 0 Å². The van der Waals surface area contributed by atoms with Gasteiger partial charge in [-0.3, -0.25) is 9.59 Å². The number of rotatable bonds is 2. The zero-order valence-corrected chi connectivity index (χ0v) is 11.6. The number of carboxylic acid groups (broad SMARTS) is 2. The first-order valence-corrected chi connectivity index (χ1v) is 7.29. The highest BCUT2D eigenvalue weighted by Gasteiger charge is 2.80. The van der Waals surface area contributed by atoms with Gasteiger partial charge in [0.15, 0.2) is 0 Å². The Hall–Kier alpha value is -1.06. The van der Waals surface area contributed by atoms with E-state index in [1.165, 1.54) is 0 Å². The van der Waals surface area contributed by atoms with Crippen molar-refractivity contribution < 1.29 is 19.8 Å². The number of aliphatic carboxylic acids is 2. The molecule has 0 radical (unpaired) electrons. The van der Waals surface area contributed by atoms with Crippen LogP contribution in [0.25, 0.3) is 0 Å². The molecule has 0 bridgehead atoms. The summed E-state index contributed by atoms with van der Waals surface area (Å²) in [5, 5.41) is 19.8. The number of hydrogen-bond acceptors (Lipinski definition) is 2. The fourth-order valence-electron chi connectivity index (χ4n) is 6.22. The average Bonchev–Trinajstić information content (AvgIpc) is 2.95. The summed E-state index contributed by atoms with van der Waals surface area (Å²) in [6.07, 6.45) is 4.71. The minimum Gasteiger partial charge on any atom is -0.481 e. The Morgan fingerprint density at radius 1 is 0.947 bits per heavy atom. The van der Waals surface area contributed by atoms with E-state index in [1.807, 2.05) is 13.8 Å². The van der Waals surface area contributed by atoms with Crippen molar-refractivity contribution in [3.8, 4) is 0 Å². The van der Waals surface area contributed by atoms with Crippen LogP contribution in [0.1, 0.15) is 52.4 Å². The normalized spacial score (nSPS) is 46.8. The van der Waals surface area contributed by atoms with Crippen LogP contribution >= 0.6 is 0 Å². The summed E-state index contributed by atoms with van der Waals surface area (Å²) in [6.45, 7) is 4.00. The van der Waals surface area contributed by atoms with E-state index in [9.17, 15) is 19.8 Å². The minimum absolute atomic E-state index is 0.0543. The summed E-state index contributed by atoms with van der Waals surface area (Å²) >= 11 is 0. The number of fused-ring (bicyclic) bond motifs is 3. The van der Waals surface area contributed by atoms with Gasteiger partial charge in [0.05, 0.1) is 10.8 Å². The largest absolute Gasteiger partial charge is 0.481 e. The van der Waals surface area contributed by atoms with Crippen molar-refractivity contribution in [1.82, 2.24) is 0 Å². The Bertz CT molecular complexity index is 455. The number of hydrogen-bond donors (Lipinski definition) is 2. The molecule has 19 heavy (non-hydrogen) atoms. The average molecular weight is 266 g/mol. The van der Waals surface area contributed by atoms with Gasteiger partial charge in [-0.25, -0.2) is 0 Å². The first kappa shape index (κ1) is 12.9. The summed E-state index contributed by atoms with van der Waals surface area (Å²) < 4.78 is 0. The number of carbonyl (C=O) groups is 2. The lowest BCUT2D eigenvalue weighted by molar-refractivity contribution is -0.178. The molecular weight excluding hydrogens is 244 g/mol. The molecule has 0 aliphatic heterocycles. The van der Waals surface area contributed by atoms with E-state index in [2.05, 4.69) is 0 Å². The SMILES string of the molecule is CC1(C)[C@@H]2CCC[C@@H]2[C@@]2(C(=O)O)CCC[C@@]12C(=O)O. The molecule has 0 unspecified atom stereocenters. The molecule has 0 amide bonds. The van der Waals surface area contributed by atoms with Crippen LogP contribution in [-0.4, -0.2) is 22.2 Å². The van der Waals surface area contributed by atoms with Gasteiger partial charge >= 0.3 is 11.9 Å². The maximum atomic E-state index is 12.1. The standard InChI is InChI=1S/C15H22O4/c1-13(2)9-5-3-6-10(9)14(11(16)17)7-4-8-15(13,14)12(18)19/h9-10H,3-8H2,1-2H3,(H,16,17)(H,18,19)/t9-,10+,14-,15-/m1/s1. The lowest BCUT2D eigenvalue weighted by atomic mass is 9.56. The molecule has 4 heteroatoms. The molecule has 0 aromatic rings. The molecule has 4 atom stereocenters. The highest BCUT2D eigenvalue weighted by molar-refractivity contribution is 5.90. The maximum Gasteiger partial charge on any atom is 0.311 e. The molecule has 3 aliphatic rings. The van der Waals surface area contributed by atoms with Gasteiger partial charge in [-0.1, -0.05) is 26.7 Å². The molecule has 3 saturated carbocycles. The molecule has 2 N–H and O–H groups in total. The van der Waals surface area contributed by atoms with Crippen molar-refractivity contribution in [3.05, 3.63) is 0 Å². The second-order valence-corrected chi connectivity index (χ2v) is 7.21. The summed E-state index contributed by atoms with van der Waals surface area (Å²) in [4.78, 5) is 24.2. The lowest BCUT2D eigenvalue weighted by Crippen LogP contribution is -2.53. The van der Waals surface area contributed by atoms with Gasteiger partial charge in [0.1, 0.15) is 0 Å².